The van der Waals surface area contributed by atoms with E-state index in [4.69, 9.17) is 0 Å². The van der Waals surface area contributed by atoms with Crippen LogP contribution in [0.1, 0.15) is 17.2 Å². The maximum absolute atomic E-state index is 2.73. The Bertz CT molecular complexity index is 732. The standard InChI is InChI=1S/C21H28N2Si/c1-22-12-14-23(15-13-22)19-16-17-8-4-6-10-20(17)24(2,3)21-11-7-5-9-18(19)21/h4-11,19H,12-16H2,1-3H3. The highest BCUT2D eigenvalue weighted by Crippen LogP contribution is 2.29. The Morgan fingerprint density at radius 1 is 0.833 bits per heavy atom. The Labute approximate surface area is 147 Å². The van der Waals surface area contributed by atoms with E-state index in [1.54, 1.807) is 21.5 Å². The summed E-state index contributed by atoms with van der Waals surface area (Å²) in [7, 11) is 0.602. The molecule has 0 amide bonds. The van der Waals surface area contributed by atoms with Gasteiger partial charge in [0.1, 0.15) is 8.07 Å². The van der Waals surface area contributed by atoms with Gasteiger partial charge in [-0.15, -0.1) is 0 Å². The van der Waals surface area contributed by atoms with Gasteiger partial charge in [0.15, 0.2) is 0 Å². The lowest BCUT2D eigenvalue weighted by atomic mass is 9.97. The van der Waals surface area contributed by atoms with Crippen molar-refractivity contribution in [3.05, 3.63) is 59.7 Å². The molecule has 2 aliphatic heterocycles. The minimum absolute atomic E-state index is 0.533. The maximum atomic E-state index is 2.73. The first-order chi connectivity index (χ1) is 11.6. The van der Waals surface area contributed by atoms with Crippen LogP contribution in [0.4, 0.5) is 0 Å². The van der Waals surface area contributed by atoms with Crippen LogP contribution in [-0.2, 0) is 6.42 Å². The van der Waals surface area contributed by atoms with Gasteiger partial charge in [0.05, 0.1) is 0 Å². The van der Waals surface area contributed by atoms with Gasteiger partial charge in [-0.3, -0.25) is 4.90 Å². The van der Waals surface area contributed by atoms with Crippen LogP contribution in [0.15, 0.2) is 48.5 Å². The summed E-state index contributed by atoms with van der Waals surface area (Å²) in [5, 5.41) is 3.27. The highest BCUT2D eigenvalue weighted by Gasteiger charge is 2.37. The second-order valence-electron chi connectivity index (χ2n) is 7.93. The summed E-state index contributed by atoms with van der Waals surface area (Å²) in [5.74, 6) is 0. The molecule has 0 radical (unpaired) electrons. The van der Waals surface area contributed by atoms with Crippen molar-refractivity contribution in [1.82, 2.24) is 9.80 Å². The molecule has 0 aromatic heterocycles. The van der Waals surface area contributed by atoms with Gasteiger partial charge in [-0.25, -0.2) is 0 Å². The fraction of sp³-hybridized carbons (Fsp3) is 0.429. The number of hydrogen-bond acceptors (Lipinski definition) is 2. The van der Waals surface area contributed by atoms with Crippen LogP contribution >= 0.6 is 0 Å². The number of rotatable bonds is 1. The molecule has 2 aromatic carbocycles. The predicted octanol–water partition coefficient (Wildman–Crippen LogP) is 2.35. The maximum Gasteiger partial charge on any atom is 0.113 e. The molecule has 1 atom stereocenters. The molecular formula is C21H28N2Si. The number of hydrogen-bond donors (Lipinski definition) is 0. The molecule has 2 nitrogen and oxygen atoms in total. The van der Waals surface area contributed by atoms with E-state index in [1.807, 2.05) is 0 Å². The Morgan fingerprint density at radius 2 is 1.46 bits per heavy atom. The molecule has 0 saturated carbocycles. The summed E-state index contributed by atoms with van der Waals surface area (Å²) in [6.45, 7) is 9.77. The molecule has 0 N–H and O–H groups in total. The fourth-order valence-electron chi connectivity index (χ4n) is 4.59. The van der Waals surface area contributed by atoms with Crippen molar-refractivity contribution in [3.63, 3.8) is 0 Å². The highest BCUT2D eigenvalue weighted by molar-refractivity contribution is 7.01. The number of fused-ring (bicyclic) bond motifs is 2. The third-order valence-corrected chi connectivity index (χ3v) is 9.71. The molecule has 2 heterocycles. The summed E-state index contributed by atoms with van der Waals surface area (Å²) < 4.78 is 0. The Hall–Kier alpha value is -1.42. The van der Waals surface area contributed by atoms with E-state index in [2.05, 4.69) is 78.5 Å². The van der Waals surface area contributed by atoms with Gasteiger partial charge >= 0.3 is 0 Å². The quantitative estimate of drug-likeness (QED) is 0.738. The minimum Gasteiger partial charge on any atom is -0.304 e. The van der Waals surface area contributed by atoms with Crippen molar-refractivity contribution < 1.29 is 0 Å². The largest absolute Gasteiger partial charge is 0.304 e. The topological polar surface area (TPSA) is 6.48 Å². The average Bonchev–Trinajstić information content (AvgIpc) is 2.70. The Kier molecular flexibility index (Phi) is 4.11. The zero-order chi connectivity index (χ0) is 16.7. The first-order valence-corrected chi connectivity index (χ1v) is 12.2. The van der Waals surface area contributed by atoms with Crippen molar-refractivity contribution in [2.24, 2.45) is 0 Å². The monoisotopic (exact) mass is 336 g/mol. The average molecular weight is 337 g/mol. The predicted molar refractivity (Wildman–Crippen MR) is 105 cm³/mol. The molecule has 3 heteroatoms. The van der Waals surface area contributed by atoms with Crippen LogP contribution in [0.25, 0.3) is 0 Å². The van der Waals surface area contributed by atoms with Crippen LogP contribution in [0.2, 0.25) is 13.1 Å². The lowest BCUT2D eigenvalue weighted by molar-refractivity contribution is 0.111. The van der Waals surface area contributed by atoms with Gasteiger partial charge in [0.2, 0.25) is 0 Å². The normalized spacial score (nSPS) is 24.0. The van der Waals surface area contributed by atoms with E-state index < -0.39 is 8.07 Å². The summed E-state index contributed by atoms with van der Waals surface area (Å²) in [6.07, 6.45) is 1.16. The SMILES string of the molecule is CN1CCN(C2Cc3ccccc3[Si](C)(C)c3ccccc32)CC1. The smallest absolute Gasteiger partial charge is 0.113 e. The first kappa shape index (κ1) is 16.1. The molecule has 24 heavy (non-hydrogen) atoms. The lowest BCUT2D eigenvalue weighted by Crippen LogP contribution is -2.54. The number of nitrogens with zero attached hydrogens (tertiary/aromatic N) is 2. The molecule has 1 saturated heterocycles. The minimum atomic E-state index is -1.64. The highest BCUT2D eigenvalue weighted by atomic mass is 28.3. The van der Waals surface area contributed by atoms with Crippen molar-refractivity contribution >= 4 is 18.4 Å². The van der Waals surface area contributed by atoms with Gasteiger partial charge < -0.3 is 4.90 Å². The van der Waals surface area contributed by atoms with Crippen molar-refractivity contribution in [1.29, 1.82) is 0 Å². The zero-order valence-corrected chi connectivity index (χ0v) is 16.1. The molecule has 1 unspecified atom stereocenters. The van der Waals surface area contributed by atoms with E-state index in [-0.39, 0.29) is 0 Å². The molecule has 0 spiro atoms. The van der Waals surface area contributed by atoms with E-state index in [0.717, 1.165) is 6.42 Å². The van der Waals surface area contributed by atoms with Gasteiger partial charge in [-0.2, -0.15) is 0 Å². The van der Waals surface area contributed by atoms with Gasteiger partial charge in [0, 0.05) is 32.2 Å². The summed E-state index contributed by atoms with van der Waals surface area (Å²) in [4.78, 5) is 5.18. The summed E-state index contributed by atoms with van der Waals surface area (Å²) in [5.41, 5.74) is 3.17. The van der Waals surface area contributed by atoms with Crippen LogP contribution < -0.4 is 10.4 Å². The fourth-order valence-corrected chi connectivity index (χ4v) is 7.86. The third kappa shape index (κ3) is 2.65. The first-order valence-electron chi connectivity index (χ1n) is 9.18. The molecule has 126 valence electrons. The van der Waals surface area contributed by atoms with E-state index in [1.165, 1.54) is 26.2 Å². The van der Waals surface area contributed by atoms with Gasteiger partial charge in [0.25, 0.3) is 0 Å². The Morgan fingerprint density at radius 3 is 2.21 bits per heavy atom. The third-order valence-electron chi connectivity index (χ3n) is 6.08. The second kappa shape index (κ2) is 6.14. The molecule has 1 fully saturated rings. The van der Waals surface area contributed by atoms with Crippen molar-refractivity contribution in [3.8, 4) is 0 Å². The molecule has 4 rings (SSSR count). The Balaban J connectivity index is 1.83. The lowest BCUT2D eigenvalue weighted by Gasteiger charge is -2.38. The van der Waals surface area contributed by atoms with Crippen LogP contribution in [0.3, 0.4) is 0 Å². The van der Waals surface area contributed by atoms with Gasteiger partial charge in [-0.1, -0.05) is 66.8 Å². The van der Waals surface area contributed by atoms with Crippen molar-refractivity contribution in [2.45, 2.75) is 25.6 Å². The molecule has 2 aromatic rings. The van der Waals surface area contributed by atoms with Crippen molar-refractivity contribution in [2.75, 3.05) is 33.2 Å². The van der Waals surface area contributed by atoms with E-state index in [0.29, 0.717) is 6.04 Å². The molecule has 0 aliphatic carbocycles. The number of likely N-dealkylation sites (N-methyl/N-ethyl adjacent to an activating group) is 1. The molecular weight excluding hydrogens is 308 g/mol. The second-order valence-corrected chi connectivity index (χ2v) is 12.3. The van der Waals surface area contributed by atoms with Crippen LogP contribution in [0, 0.1) is 0 Å². The zero-order valence-electron chi connectivity index (χ0n) is 15.1. The van der Waals surface area contributed by atoms with E-state index in [9.17, 15) is 0 Å². The summed E-state index contributed by atoms with van der Waals surface area (Å²) in [6, 6.07) is 19.0. The van der Waals surface area contributed by atoms with E-state index >= 15 is 0 Å². The summed E-state index contributed by atoms with van der Waals surface area (Å²) >= 11 is 0. The van der Waals surface area contributed by atoms with Crippen LogP contribution in [-0.4, -0.2) is 51.1 Å². The van der Waals surface area contributed by atoms with Crippen LogP contribution in [0.5, 0.6) is 0 Å². The van der Waals surface area contributed by atoms with Gasteiger partial charge in [-0.05, 0) is 29.8 Å². The number of benzene rings is 2. The molecule has 0 bridgehead atoms. The molecule has 2 aliphatic rings. The number of piperazine rings is 1.